The molecule has 0 radical (unpaired) electrons. The van der Waals surface area contributed by atoms with Crippen LogP contribution in [0.25, 0.3) is 0 Å². The number of anilines is 1. The molecule has 4 rings (SSSR count). The van der Waals surface area contributed by atoms with Gasteiger partial charge >= 0.3 is 0 Å². The molecule has 0 fully saturated rings. The van der Waals surface area contributed by atoms with Gasteiger partial charge in [0.1, 0.15) is 5.75 Å². The van der Waals surface area contributed by atoms with E-state index in [2.05, 4.69) is 9.62 Å². The molecule has 2 aromatic rings. The molecule has 7 heteroatoms. The SMILES string of the molecule is CN1CCc2cc([C@H](O)CNS(=O)(=O)c3ccc4c(c3)CCO4)ccc21. The van der Waals surface area contributed by atoms with E-state index in [1.807, 2.05) is 25.2 Å². The molecule has 2 aliphatic heterocycles. The minimum atomic E-state index is -3.68. The highest BCUT2D eigenvalue weighted by atomic mass is 32.2. The van der Waals surface area contributed by atoms with E-state index in [9.17, 15) is 13.5 Å². The number of sulfonamides is 1. The summed E-state index contributed by atoms with van der Waals surface area (Å²) < 4.78 is 33.0. The second kappa shape index (κ2) is 6.57. The lowest BCUT2D eigenvalue weighted by atomic mass is 10.0. The fourth-order valence-electron chi connectivity index (χ4n) is 3.51. The first-order chi connectivity index (χ1) is 12.4. The Balaban J connectivity index is 1.46. The van der Waals surface area contributed by atoms with Gasteiger partial charge in [-0.25, -0.2) is 13.1 Å². The molecule has 0 aliphatic carbocycles. The van der Waals surface area contributed by atoms with E-state index in [0.717, 1.165) is 29.8 Å². The van der Waals surface area contributed by atoms with Gasteiger partial charge in [0.2, 0.25) is 10.0 Å². The third-order valence-electron chi connectivity index (χ3n) is 5.05. The van der Waals surface area contributed by atoms with E-state index >= 15 is 0 Å². The zero-order valence-electron chi connectivity index (χ0n) is 14.6. The summed E-state index contributed by atoms with van der Waals surface area (Å²) in [6.07, 6.45) is 0.763. The van der Waals surface area contributed by atoms with E-state index < -0.39 is 16.1 Å². The summed E-state index contributed by atoms with van der Waals surface area (Å²) in [5.74, 6) is 0.743. The molecule has 0 unspecified atom stereocenters. The highest BCUT2D eigenvalue weighted by Crippen LogP contribution is 2.30. The second-order valence-corrected chi connectivity index (χ2v) is 8.56. The number of hydrogen-bond donors (Lipinski definition) is 2. The van der Waals surface area contributed by atoms with Crippen molar-refractivity contribution in [2.24, 2.45) is 0 Å². The van der Waals surface area contributed by atoms with Crippen LogP contribution in [0, 0.1) is 0 Å². The van der Waals surface area contributed by atoms with Crippen molar-refractivity contribution in [2.45, 2.75) is 23.8 Å². The second-order valence-electron chi connectivity index (χ2n) is 6.80. The fourth-order valence-corrected chi connectivity index (χ4v) is 4.60. The zero-order chi connectivity index (χ0) is 18.3. The first kappa shape index (κ1) is 17.3. The molecule has 6 nitrogen and oxygen atoms in total. The van der Waals surface area contributed by atoms with Crippen molar-refractivity contribution in [2.75, 3.05) is 31.6 Å². The number of rotatable bonds is 5. The van der Waals surface area contributed by atoms with Crippen LogP contribution < -0.4 is 14.4 Å². The summed E-state index contributed by atoms with van der Waals surface area (Å²) >= 11 is 0. The van der Waals surface area contributed by atoms with Crippen LogP contribution in [0.3, 0.4) is 0 Å². The van der Waals surface area contributed by atoms with E-state index in [4.69, 9.17) is 4.74 Å². The van der Waals surface area contributed by atoms with Crippen molar-refractivity contribution in [3.8, 4) is 5.75 Å². The number of nitrogens with zero attached hydrogens (tertiary/aromatic N) is 1. The van der Waals surface area contributed by atoms with Crippen molar-refractivity contribution < 1.29 is 18.3 Å². The molecular weight excluding hydrogens is 352 g/mol. The Morgan fingerprint density at radius 3 is 2.88 bits per heavy atom. The van der Waals surface area contributed by atoms with Gasteiger partial charge in [-0.1, -0.05) is 12.1 Å². The minimum absolute atomic E-state index is 0.0649. The molecule has 2 aromatic carbocycles. The maximum Gasteiger partial charge on any atom is 0.240 e. The number of likely N-dealkylation sites (N-methyl/N-ethyl adjacent to an activating group) is 1. The standard InChI is InChI=1S/C19H22N2O4S/c1-21-8-6-13-10-14(2-4-17(13)21)18(22)12-20-26(23,24)16-3-5-19-15(11-16)7-9-25-19/h2-5,10-11,18,20,22H,6-9,12H2,1H3/t18-/m1/s1. The summed E-state index contributed by atoms with van der Waals surface area (Å²) in [4.78, 5) is 2.37. The Hall–Kier alpha value is -2.09. The van der Waals surface area contributed by atoms with Crippen LogP contribution in [0.1, 0.15) is 22.8 Å². The van der Waals surface area contributed by atoms with Crippen LogP contribution >= 0.6 is 0 Å². The first-order valence-corrected chi connectivity index (χ1v) is 10.2. The maximum atomic E-state index is 12.5. The van der Waals surface area contributed by atoms with E-state index in [1.54, 1.807) is 12.1 Å². The summed E-state index contributed by atoms with van der Waals surface area (Å²) in [6, 6.07) is 10.7. The summed E-state index contributed by atoms with van der Waals surface area (Å²) in [6.45, 7) is 1.48. The van der Waals surface area contributed by atoms with Crippen molar-refractivity contribution in [3.05, 3.63) is 53.1 Å². The van der Waals surface area contributed by atoms with Crippen molar-refractivity contribution in [3.63, 3.8) is 0 Å². The van der Waals surface area contributed by atoms with Crippen molar-refractivity contribution in [1.82, 2.24) is 4.72 Å². The fraction of sp³-hybridized carbons (Fsp3) is 0.368. The van der Waals surface area contributed by atoms with Gasteiger partial charge < -0.3 is 14.7 Å². The van der Waals surface area contributed by atoms with Crippen LogP contribution in [-0.4, -0.2) is 40.3 Å². The van der Waals surface area contributed by atoms with Gasteiger partial charge in [-0.05, 0) is 47.4 Å². The maximum absolute atomic E-state index is 12.5. The summed E-state index contributed by atoms with van der Waals surface area (Å²) in [5.41, 5.74) is 3.98. The Morgan fingerprint density at radius 2 is 2.04 bits per heavy atom. The van der Waals surface area contributed by atoms with Crippen molar-refractivity contribution >= 4 is 15.7 Å². The normalized spacial score (nSPS) is 16.9. The molecule has 0 spiro atoms. The van der Waals surface area contributed by atoms with Crippen LogP contribution in [0.2, 0.25) is 0 Å². The lowest BCUT2D eigenvalue weighted by Crippen LogP contribution is -2.28. The lowest BCUT2D eigenvalue weighted by Gasteiger charge is -2.16. The van der Waals surface area contributed by atoms with E-state index in [-0.39, 0.29) is 11.4 Å². The van der Waals surface area contributed by atoms with Gasteiger partial charge in [-0.2, -0.15) is 0 Å². The Kier molecular flexibility index (Phi) is 4.38. The van der Waals surface area contributed by atoms with Crippen LogP contribution in [0.15, 0.2) is 41.3 Å². The van der Waals surface area contributed by atoms with E-state index in [0.29, 0.717) is 13.0 Å². The molecule has 0 saturated carbocycles. The molecule has 0 aromatic heterocycles. The molecule has 138 valence electrons. The van der Waals surface area contributed by atoms with Gasteiger partial charge in [0.05, 0.1) is 17.6 Å². The number of aliphatic hydroxyl groups excluding tert-OH is 1. The largest absolute Gasteiger partial charge is 0.493 e. The van der Waals surface area contributed by atoms with Gasteiger partial charge in [0.15, 0.2) is 0 Å². The van der Waals surface area contributed by atoms with Crippen molar-refractivity contribution in [1.29, 1.82) is 0 Å². The molecule has 2 heterocycles. The quantitative estimate of drug-likeness (QED) is 0.832. The first-order valence-electron chi connectivity index (χ1n) is 8.71. The molecule has 26 heavy (non-hydrogen) atoms. The third kappa shape index (κ3) is 3.18. The van der Waals surface area contributed by atoms with Crippen LogP contribution in [-0.2, 0) is 22.9 Å². The molecule has 0 bridgehead atoms. The lowest BCUT2D eigenvalue weighted by molar-refractivity contribution is 0.182. The predicted octanol–water partition coefficient (Wildman–Crippen LogP) is 1.63. The zero-order valence-corrected chi connectivity index (χ0v) is 15.4. The summed E-state index contributed by atoms with van der Waals surface area (Å²) in [7, 11) is -1.64. The molecule has 1 atom stereocenters. The number of nitrogens with one attached hydrogen (secondary N) is 1. The number of benzene rings is 2. The molecule has 2 N–H and O–H groups in total. The Morgan fingerprint density at radius 1 is 1.19 bits per heavy atom. The highest BCUT2D eigenvalue weighted by molar-refractivity contribution is 7.89. The molecule has 0 saturated heterocycles. The topological polar surface area (TPSA) is 78.9 Å². The molecular formula is C19H22N2O4S. The Bertz CT molecular complexity index is 943. The summed E-state index contributed by atoms with van der Waals surface area (Å²) in [5, 5.41) is 10.4. The number of ether oxygens (including phenoxy) is 1. The van der Waals surface area contributed by atoms with Gasteiger partial charge in [0.25, 0.3) is 0 Å². The highest BCUT2D eigenvalue weighted by Gasteiger charge is 2.22. The van der Waals surface area contributed by atoms with Gasteiger partial charge in [0, 0.05) is 32.2 Å². The van der Waals surface area contributed by atoms with Crippen LogP contribution in [0.4, 0.5) is 5.69 Å². The van der Waals surface area contributed by atoms with Crippen LogP contribution in [0.5, 0.6) is 5.75 Å². The van der Waals surface area contributed by atoms with Gasteiger partial charge in [-0.3, -0.25) is 0 Å². The van der Waals surface area contributed by atoms with Gasteiger partial charge in [-0.15, -0.1) is 0 Å². The number of hydrogen-bond acceptors (Lipinski definition) is 5. The number of aliphatic hydroxyl groups is 1. The third-order valence-corrected chi connectivity index (χ3v) is 6.48. The average molecular weight is 374 g/mol. The smallest absolute Gasteiger partial charge is 0.240 e. The minimum Gasteiger partial charge on any atom is -0.493 e. The average Bonchev–Trinajstić information content (AvgIpc) is 3.25. The number of fused-ring (bicyclic) bond motifs is 2. The molecule has 0 amide bonds. The molecule has 2 aliphatic rings. The van der Waals surface area contributed by atoms with E-state index in [1.165, 1.54) is 17.3 Å². The Labute approximate surface area is 153 Å². The predicted molar refractivity (Wildman–Crippen MR) is 99.2 cm³/mol. The monoisotopic (exact) mass is 374 g/mol.